The molecule has 1 heterocycles. The van der Waals surface area contributed by atoms with Gasteiger partial charge in [0, 0.05) is 12.5 Å². The van der Waals surface area contributed by atoms with Crippen molar-refractivity contribution in [2.45, 2.75) is 6.92 Å². The molecule has 0 aliphatic carbocycles. The lowest BCUT2D eigenvalue weighted by molar-refractivity contribution is 0.690. The van der Waals surface area contributed by atoms with Gasteiger partial charge < -0.3 is 4.72 Å². The van der Waals surface area contributed by atoms with E-state index in [4.69, 9.17) is 0 Å². The highest BCUT2D eigenvalue weighted by molar-refractivity contribution is 7.85. The fourth-order valence-corrected chi connectivity index (χ4v) is 1.27. The average molecular weight is 170 g/mol. The summed E-state index contributed by atoms with van der Waals surface area (Å²) in [6.07, 6.45) is 3.30. The summed E-state index contributed by atoms with van der Waals surface area (Å²) in [6.45, 7) is 1.87. The van der Waals surface area contributed by atoms with Crippen LogP contribution in [0.15, 0.2) is 18.3 Å². The molecule has 1 unspecified atom stereocenters. The Morgan fingerprint density at radius 3 is 2.91 bits per heavy atom. The van der Waals surface area contributed by atoms with Gasteiger partial charge in [-0.2, -0.15) is 0 Å². The summed E-state index contributed by atoms with van der Waals surface area (Å²) < 4.78 is 13.5. The summed E-state index contributed by atoms with van der Waals surface area (Å²) in [7, 11) is -1.02. The first-order chi connectivity index (χ1) is 5.20. The van der Waals surface area contributed by atoms with Crippen LogP contribution in [0.4, 0.5) is 5.69 Å². The van der Waals surface area contributed by atoms with Gasteiger partial charge in [-0.25, -0.2) is 4.21 Å². The van der Waals surface area contributed by atoms with Gasteiger partial charge in [0.05, 0.1) is 11.4 Å². The molecule has 1 N–H and O–H groups in total. The Hall–Kier alpha value is -0.900. The largest absolute Gasteiger partial charge is 0.304 e. The highest BCUT2D eigenvalue weighted by Crippen LogP contribution is 2.09. The first-order valence-electron chi connectivity index (χ1n) is 3.22. The van der Waals surface area contributed by atoms with Gasteiger partial charge in [0.1, 0.15) is 11.0 Å². The normalized spacial score (nSPS) is 12.5. The minimum absolute atomic E-state index is 0.827. The SMILES string of the molecule is Cc1ncccc1NS(C)=O. The topological polar surface area (TPSA) is 42.0 Å². The highest BCUT2D eigenvalue weighted by Gasteiger charge is 1.96. The van der Waals surface area contributed by atoms with E-state index < -0.39 is 11.0 Å². The first-order valence-corrected chi connectivity index (χ1v) is 4.77. The van der Waals surface area contributed by atoms with Crippen molar-refractivity contribution in [1.29, 1.82) is 0 Å². The van der Waals surface area contributed by atoms with Gasteiger partial charge in [-0.15, -0.1) is 0 Å². The number of nitrogens with one attached hydrogen (secondary N) is 1. The number of nitrogens with zero attached hydrogens (tertiary/aromatic N) is 1. The Morgan fingerprint density at radius 2 is 2.36 bits per heavy atom. The van der Waals surface area contributed by atoms with Crippen LogP contribution in [-0.4, -0.2) is 15.4 Å². The number of aromatic nitrogens is 1. The zero-order chi connectivity index (χ0) is 8.27. The molecule has 0 saturated heterocycles. The number of anilines is 1. The summed E-state index contributed by atoms with van der Waals surface area (Å²) in [5.74, 6) is 0. The third-order valence-electron chi connectivity index (χ3n) is 1.26. The standard InChI is InChI=1S/C7H10N2OS/c1-6-7(9-11(2)10)4-3-5-8-6/h3-5,9H,1-2H3. The minimum Gasteiger partial charge on any atom is -0.304 e. The lowest BCUT2D eigenvalue weighted by Crippen LogP contribution is -2.03. The Bertz CT molecular complexity index is 275. The predicted molar refractivity (Wildman–Crippen MR) is 46.7 cm³/mol. The molecular formula is C7H10N2OS. The van der Waals surface area contributed by atoms with Crippen LogP contribution in [0, 0.1) is 6.92 Å². The predicted octanol–water partition coefficient (Wildman–Crippen LogP) is 1.10. The highest BCUT2D eigenvalue weighted by atomic mass is 32.2. The summed E-state index contributed by atoms with van der Waals surface area (Å²) in [4.78, 5) is 4.04. The van der Waals surface area contributed by atoms with E-state index >= 15 is 0 Å². The van der Waals surface area contributed by atoms with Crippen molar-refractivity contribution in [2.24, 2.45) is 0 Å². The van der Waals surface area contributed by atoms with Gasteiger partial charge in [-0.05, 0) is 19.1 Å². The van der Waals surface area contributed by atoms with E-state index in [2.05, 4.69) is 9.71 Å². The molecule has 0 spiro atoms. The van der Waals surface area contributed by atoms with E-state index in [-0.39, 0.29) is 0 Å². The second-order valence-electron chi connectivity index (χ2n) is 2.19. The maximum Gasteiger partial charge on any atom is 0.114 e. The van der Waals surface area contributed by atoms with Gasteiger partial charge in [-0.3, -0.25) is 4.98 Å². The average Bonchev–Trinajstić information content (AvgIpc) is 1.93. The number of hydrogen-bond donors (Lipinski definition) is 1. The van der Waals surface area contributed by atoms with Gasteiger partial charge in [0.2, 0.25) is 0 Å². The zero-order valence-electron chi connectivity index (χ0n) is 6.50. The fourth-order valence-electron chi connectivity index (χ4n) is 0.747. The summed E-state index contributed by atoms with van der Waals surface area (Å²) >= 11 is 0. The number of rotatable bonds is 2. The molecule has 0 fully saturated rings. The van der Waals surface area contributed by atoms with E-state index in [1.165, 1.54) is 0 Å². The molecule has 0 aliphatic rings. The quantitative estimate of drug-likeness (QED) is 0.722. The maximum atomic E-state index is 10.7. The van der Waals surface area contributed by atoms with Crippen LogP contribution in [-0.2, 0) is 11.0 Å². The second kappa shape index (κ2) is 3.48. The van der Waals surface area contributed by atoms with Gasteiger partial charge in [-0.1, -0.05) is 0 Å². The monoisotopic (exact) mass is 170 g/mol. The zero-order valence-corrected chi connectivity index (χ0v) is 7.31. The number of aryl methyl sites for hydroxylation is 1. The summed E-state index contributed by atoms with van der Waals surface area (Å²) in [5.41, 5.74) is 1.69. The van der Waals surface area contributed by atoms with E-state index in [1.807, 2.05) is 19.1 Å². The molecule has 60 valence electrons. The van der Waals surface area contributed by atoms with E-state index in [0.717, 1.165) is 11.4 Å². The number of pyridine rings is 1. The molecule has 4 heteroatoms. The van der Waals surface area contributed by atoms with E-state index in [1.54, 1.807) is 12.5 Å². The van der Waals surface area contributed by atoms with Gasteiger partial charge >= 0.3 is 0 Å². The van der Waals surface area contributed by atoms with Crippen LogP contribution < -0.4 is 4.72 Å². The van der Waals surface area contributed by atoms with Crippen molar-refractivity contribution in [3.8, 4) is 0 Å². The van der Waals surface area contributed by atoms with Crippen LogP contribution in [0.5, 0.6) is 0 Å². The molecule has 0 bridgehead atoms. The molecule has 1 aromatic rings. The van der Waals surface area contributed by atoms with Crippen molar-refractivity contribution in [3.63, 3.8) is 0 Å². The molecule has 0 aliphatic heterocycles. The van der Waals surface area contributed by atoms with Crippen LogP contribution in [0.2, 0.25) is 0 Å². The van der Waals surface area contributed by atoms with Gasteiger partial charge in [0.15, 0.2) is 0 Å². The molecule has 11 heavy (non-hydrogen) atoms. The van der Waals surface area contributed by atoms with Crippen LogP contribution in [0.3, 0.4) is 0 Å². The fraction of sp³-hybridized carbons (Fsp3) is 0.286. The number of hydrogen-bond acceptors (Lipinski definition) is 2. The van der Waals surface area contributed by atoms with Crippen molar-refractivity contribution >= 4 is 16.7 Å². The third-order valence-corrected chi connectivity index (χ3v) is 1.77. The second-order valence-corrected chi connectivity index (χ2v) is 3.30. The molecule has 0 amide bonds. The Morgan fingerprint density at radius 1 is 1.64 bits per heavy atom. The molecule has 1 atom stereocenters. The molecular weight excluding hydrogens is 160 g/mol. The van der Waals surface area contributed by atoms with Gasteiger partial charge in [0.25, 0.3) is 0 Å². The van der Waals surface area contributed by atoms with E-state index in [9.17, 15) is 4.21 Å². The summed E-state index contributed by atoms with van der Waals surface area (Å²) in [5, 5.41) is 0. The lowest BCUT2D eigenvalue weighted by Gasteiger charge is -2.03. The Labute approximate surface area is 68.4 Å². The summed E-state index contributed by atoms with van der Waals surface area (Å²) in [6, 6.07) is 3.66. The van der Waals surface area contributed by atoms with Crippen LogP contribution >= 0.6 is 0 Å². The van der Waals surface area contributed by atoms with Crippen molar-refractivity contribution < 1.29 is 4.21 Å². The first kappa shape index (κ1) is 8.20. The van der Waals surface area contributed by atoms with Crippen molar-refractivity contribution in [2.75, 3.05) is 11.0 Å². The van der Waals surface area contributed by atoms with E-state index in [0.29, 0.717) is 0 Å². The van der Waals surface area contributed by atoms with Crippen molar-refractivity contribution in [3.05, 3.63) is 24.0 Å². The Balaban J connectivity index is 2.86. The maximum absolute atomic E-state index is 10.7. The molecule has 0 radical (unpaired) electrons. The van der Waals surface area contributed by atoms with Crippen molar-refractivity contribution in [1.82, 2.24) is 4.98 Å². The molecule has 3 nitrogen and oxygen atoms in total. The smallest absolute Gasteiger partial charge is 0.114 e. The molecule has 1 aromatic heterocycles. The third kappa shape index (κ3) is 2.31. The molecule has 1 rings (SSSR count). The Kier molecular flexibility index (Phi) is 2.59. The minimum atomic E-state index is -1.02. The van der Waals surface area contributed by atoms with Crippen LogP contribution in [0.1, 0.15) is 5.69 Å². The van der Waals surface area contributed by atoms with Crippen LogP contribution in [0.25, 0.3) is 0 Å². The lowest BCUT2D eigenvalue weighted by atomic mass is 10.3. The molecule has 0 aromatic carbocycles. The molecule has 0 saturated carbocycles.